The van der Waals surface area contributed by atoms with Crippen LogP contribution in [-0.4, -0.2) is 65.6 Å². The molecule has 4 aliphatic heterocycles. The molecule has 1 aromatic carbocycles. The van der Waals surface area contributed by atoms with E-state index in [0.29, 0.717) is 0 Å². The topological polar surface area (TPSA) is 97.4 Å². The quantitative estimate of drug-likeness (QED) is 0.499. The first-order valence-corrected chi connectivity index (χ1v) is 7.46. The van der Waals surface area contributed by atoms with Crippen molar-refractivity contribution >= 4 is 23.3 Å². The number of quaternary nitrogens is 1. The van der Waals surface area contributed by atoms with E-state index in [0.717, 1.165) is 18.2 Å². The van der Waals surface area contributed by atoms with Crippen LogP contribution in [0, 0.1) is 10.1 Å². The van der Waals surface area contributed by atoms with Crippen molar-refractivity contribution in [1.82, 2.24) is 14.7 Å². The number of carbonyl (C=O) groups is 1. The van der Waals surface area contributed by atoms with Gasteiger partial charge in [-0.1, -0.05) is 11.6 Å². The van der Waals surface area contributed by atoms with Gasteiger partial charge in [0.05, 0.1) is 35.9 Å². The lowest BCUT2D eigenvalue weighted by Gasteiger charge is -2.53. The van der Waals surface area contributed by atoms with Gasteiger partial charge in [0.15, 0.2) is 0 Å². The second kappa shape index (κ2) is 6.38. The molecule has 0 atom stereocenters. The minimum Gasteiger partial charge on any atom is -0.545 e. The fourth-order valence-corrected chi connectivity index (χ4v) is 3.42. The standard InChI is InChI=1S/C7H4ClNO4.C6H12N4/c8-6-3-4(9(12)13)1-2-5(6)7(10)11;1-7-2-9-4-8(1)5-10(3-7)6-9/h1-3H,(H,10,11);1-6H2. The van der Waals surface area contributed by atoms with Gasteiger partial charge in [-0.15, -0.1) is 0 Å². The number of hydrogen-bond donors (Lipinski definition) is 1. The normalized spacial score (nSPS) is 30.5. The van der Waals surface area contributed by atoms with E-state index in [1.165, 1.54) is 40.0 Å². The number of nitrogens with zero attached hydrogens (tertiary/aromatic N) is 4. The van der Waals surface area contributed by atoms with Crippen LogP contribution in [0.15, 0.2) is 18.2 Å². The van der Waals surface area contributed by atoms with Gasteiger partial charge in [0.25, 0.3) is 5.69 Å². The van der Waals surface area contributed by atoms with Crippen LogP contribution in [0.4, 0.5) is 5.69 Å². The van der Waals surface area contributed by atoms with Crippen LogP contribution in [0.2, 0.25) is 5.02 Å². The number of aromatic carboxylic acids is 1. The van der Waals surface area contributed by atoms with Crippen molar-refractivity contribution in [2.24, 2.45) is 0 Å². The first-order chi connectivity index (χ1) is 10.9. The molecule has 5 rings (SSSR count). The average molecular weight is 342 g/mol. The molecule has 124 valence electrons. The molecule has 0 aliphatic carbocycles. The summed E-state index contributed by atoms with van der Waals surface area (Å²) in [6.45, 7) is 7.44. The van der Waals surface area contributed by atoms with Crippen LogP contribution in [0.1, 0.15) is 10.4 Å². The number of carboxylic acids is 1. The van der Waals surface area contributed by atoms with Crippen molar-refractivity contribution in [2.75, 3.05) is 40.0 Å². The Balaban J connectivity index is 0.000000139. The summed E-state index contributed by atoms with van der Waals surface area (Å²) < 4.78 is 0. The van der Waals surface area contributed by atoms with Crippen LogP contribution in [0.25, 0.3) is 0 Å². The predicted octanol–water partition coefficient (Wildman–Crippen LogP) is -1.83. The van der Waals surface area contributed by atoms with Gasteiger partial charge in [-0.05, 0) is 6.07 Å². The SMILES string of the molecule is C1N2CN3CN1C[NH+](C2)C3.O=C([O-])c1ccc([N+](=O)[O-])cc1Cl. The van der Waals surface area contributed by atoms with Crippen LogP contribution in [-0.2, 0) is 0 Å². The second-order valence-corrected chi connectivity index (χ2v) is 6.28. The lowest BCUT2D eigenvalue weighted by atomic mass is 10.2. The summed E-state index contributed by atoms with van der Waals surface area (Å²) in [5, 5.41) is 20.4. The van der Waals surface area contributed by atoms with Crippen molar-refractivity contribution in [1.29, 1.82) is 0 Å². The highest BCUT2D eigenvalue weighted by molar-refractivity contribution is 6.33. The van der Waals surface area contributed by atoms with E-state index < -0.39 is 10.9 Å². The van der Waals surface area contributed by atoms with Gasteiger partial charge in [-0.2, -0.15) is 0 Å². The Morgan fingerprint density at radius 3 is 2.00 bits per heavy atom. The Morgan fingerprint density at radius 1 is 1.13 bits per heavy atom. The molecule has 10 heteroatoms. The number of benzene rings is 1. The van der Waals surface area contributed by atoms with E-state index >= 15 is 0 Å². The fourth-order valence-electron chi connectivity index (χ4n) is 3.16. The van der Waals surface area contributed by atoms with Crippen molar-refractivity contribution in [3.8, 4) is 0 Å². The third kappa shape index (κ3) is 3.59. The summed E-state index contributed by atoms with van der Waals surface area (Å²) in [6.07, 6.45) is 0. The van der Waals surface area contributed by atoms with E-state index in [1.807, 2.05) is 0 Å². The molecule has 4 heterocycles. The van der Waals surface area contributed by atoms with Crippen molar-refractivity contribution in [2.45, 2.75) is 0 Å². The third-order valence-electron chi connectivity index (χ3n) is 3.93. The molecule has 0 spiro atoms. The molecule has 4 saturated heterocycles. The first-order valence-electron chi connectivity index (χ1n) is 7.08. The van der Waals surface area contributed by atoms with Gasteiger partial charge >= 0.3 is 0 Å². The number of carbonyl (C=O) groups excluding carboxylic acids is 1. The van der Waals surface area contributed by atoms with Crippen molar-refractivity contribution in [3.63, 3.8) is 0 Å². The molecule has 0 saturated carbocycles. The fraction of sp³-hybridized carbons (Fsp3) is 0.462. The minimum absolute atomic E-state index is 0.200. The summed E-state index contributed by atoms with van der Waals surface area (Å²) in [4.78, 5) is 29.1. The third-order valence-corrected chi connectivity index (χ3v) is 4.24. The Kier molecular flexibility index (Phi) is 4.46. The number of rotatable bonds is 2. The lowest BCUT2D eigenvalue weighted by molar-refractivity contribution is -0.958. The molecule has 0 unspecified atom stereocenters. The molecule has 0 amide bonds. The highest BCUT2D eigenvalue weighted by Crippen LogP contribution is 2.21. The molecule has 23 heavy (non-hydrogen) atoms. The zero-order chi connectivity index (χ0) is 16.6. The van der Waals surface area contributed by atoms with Gasteiger partial charge < -0.3 is 9.90 Å². The Morgan fingerprint density at radius 2 is 1.65 bits per heavy atom. The molecule has 9 nitrogen and oxygen atoms in total. The van der Waals surface area contributed by atoms with Gasteiger partial charge in [-0.3, -0.25) is 15.0 Å². The van der Waals surface area contributed by atoms with Gasteiger partial charge in [-0.25, -0.2) is 14.7 Å². The molecular weight excluding hydrogens is 326 g/mol. The molecule has 0 aromatic heterocycles. The zero-order valence-corrected chi connectivity index (χ0v) is 13.0. The van der Waals surface area contributed by atoms with E-state index in [1.54, 1.807) is 4.90 Å². The van der Waals surface area contributed by atoms with E-state index in [9.17, 15) is 20.0 Å². The summed E-state index contributed by atoms with van der Waals surface area (Å²) >= 11 is 5.44. The summed E-state index contributed by atoms with van der Waals surface area (Å²) in [5.41, 5.74) is -0.512. The van der Waals surface area contributed by atoms with E-state index in [4.69, 9.17) is 11.6 Å². The molecule has 4 aliphatic rings. The van der Waals surface area contributed by atoms with Gasteiger partial charge in [0.1, 0.15) is 20.0 Å². The van der Waals surface area contributed by atoms with Crippen LogP contribution >= 0.6 is 11.6 Å². The van der Waals surface area contributed by atoms with Gasteiger partial charge in [0.2, 0.25) is 0 Å². The minimum atomic E-state index is -1.46. The van der Waals surface area contributed by atoms with Crippen molar-refractivity contribution < 1.29 is 19.7 Å². The number of nitro groups is 1. The first kappa shape index (κ1) is 16.1. The van der Waals surface area contributed by atoms with Gasteiger partial charge in [0, 0.05) is 17.7 Å². The highest BCUT2D eigenvalue weighted by atomic mass is 35.5. The summed E-state index contributed by atoms with van der Waals surface area (Å²) in [6, 6.07) is 3.06. The summed E-state index contributed by atoms with van der Waals surface area (Å²) in [5.74, 6) is -1.46. The molecule has 1 aromatic rings. The molecule has 4 fully saturated rings. The highest BCUT2D eigenvalue weighted by Gasteiger charge is 2.39. The predicted molar refractivity (Wildman–Crippen MR) is 78.1 cm³/mol. The molecule has 1 N–H and O–H groups in total. The molecular formula is C13H16ClN5O4. The number of hydrogen-bond acceptors (Lipinski definition) is 7. The molecule has 0 radical (unpaired) electrons. The Bertz CT molecular complexity index is 584. The van der Waals surface area contributed by atoms with Crippen LogP contribution < -0.4 is 10.0 Å². The van der Waals surface area contributed by atoms with E-state index in [2.05, 4.69) is 14.7 Å². The number of non-ortho nitro benzene ring substituents is 1. The van der Waals surface area contributed by atoms with E-state index in [-0.39, 0.29) is 16.3 Å². The Labute approximate surface area is 137 Å². The van der Waals surface area contributed by atoms with Crippen molar-refractivity contribution in [3.05, 3.63) is 38.9 Å². The Hall–Kier alpha value is -1.78. The summed E-state index contributed by atoms with van der Waals surface area (Å²) in [7, 11) is 0. The second-order valence-electron chi connectivity index (χ2n) is 5.87. The number of nitrogens with one attached hydrogen (secondary N) is 1. The largest absolute Gasteiger partial charge is 0.545 e. The van der Waals surface area contributed by atoms with Crippen LogP contribution in [0.3, 0.4) is 0 Å². The molecule has 4 bridgehead atoms. The average Bonchev–Trinajstić information content (AvgIpc) is 2.45. The number of nitro benzene ring substituents is 1. The van der Waals surface area contributed by atoms with Crippen LogP contribution in [0.5, 0.6) is 0 Å². The monoisotopic (exact) mass is 341 g/mol. The number of carboxylic acid groups (broad SMARTS) is 1. The maximum atomic E-state index is 10.3. The number of halogens is 1. The smallest absolute Gasteiger partial charge is 0.270 e. The maximum absolute atomic E-state index is 10.3. The zero-order valence-electron chi connectivity index (χ0n) is 12.3. The lowest BCUT2D eigenvalue weighted by Crippen LogP contribution is -3.21. The maximum Gasteiger partial charge on any atom is 0.270 e.